The molecule has 0 fully saturated rings. The molecule has 0 amide bonds. The second-order valence-corrected chi connectivity index (χ2v) is 4.83. The third-order valence-electron chi connectivity index (χ3n) is 2.06. The number of hydrogen-bond acceptors (Lipinski definition) is 3. The molecule has 2 nitrogen and oxygen atoms in total. The van der Waals surface area contributed by atoms with Gasteiger partial charge in [-0.05, 0) is 45.2 Å². The molecule has 0 spiro atoms. The van der Waals surface area contributed by atoms with Crippen LogP contribution in [0, 0.1) is 0 Å². The van der Waals surface area contributed by atoms with E-state index in [1.165, 1.54) is 18.6 Å². The molecule has 0 unspecified atom stereocenters. The summed E-state index contributed by atoms with van der Waals surface area (Å²) in [5.74, 6) is 1.27. The molecule has 0 aliphatic heterocycles. The van der Waals surface area contributed by atoms with E-state index in [4.69, 9.17) is 4.74 Å². The lowest BCUT2D eigenvalue weighted by molar-refractivity contribution is 0.0234. The van der Waals surface area contributed by atoms with Crippen molar-refractivity contribution in [3.8, 4) is 0 Å². The van der Waals surface area contributed by atoms with Crippen LogP contribution in [0.4, 0.5) is 0 Å². The molecular formula is C10H23NOS. The fourth-order valence-corrected chi connectivity index (χ4v) is 1.45. The molecule has 0 saturated heterocycles. The van der Waals surface area contributed by atoms with E-state index < -0.39 is 0 Å². The van der Waals surface area contributed by atoms with Crippen LogP contribution in [0.1, 0.15) is 26.7 Å². The molecule has 0 rings (SSSR count). The monoisotopic (exact) mass is 205 g/mol. The Morgan fingerprint density at radius 1 is 1.31 bits per heavy atom. The Hall–Kier alpha value is 0.270. The summed E-state index contributed by atoms with van der Waals surface area (Å²) in [6.45, 7) is 6.24. The van der Waals surface area contributed by atoms with Crippen LogP contribution >= 0.6 is 11.8 Å². The third kappa shape index (κ3) is 8.60. The van der Waals surface area contributed by atoms with E-state index in [2.05, 4.69) is 25.4 Å². The van der Waals surface area contributed by atoms with Gasteiger partial charge in [-0.25, -0.2) is 0 Å². The number of unbranched alkanes of at least 4 members (excludes halogenated alkanes) is 1. The molecule has 1 N–H and O–H groups in total. The zero-order valence-corrected chi connectivity index (χ0v) is 10.2. The van der Waals surface area contributed by atoms with E-state index in [0.29, 0.717) is 0 Å². The van der Waals surface area contributed by atoms with E-state index in [-0.39, 0.29) is 5.60 Å². The zero-order chi connectivity index (χ0) is 10.2. The Morgan fingerprint density at radius 3 is 2.54 bits per heavy atom. The van der Waals surface area contributed by atoms with Crippen molar-refractivity contribution in [1.82, 2.24) is 5.32 Å². The van der Waals surface area contributed by atoms with Gasteiger partial charge in [-0.2, -0.15) is 11.8 Å². The first-order chi connectivity index (χ1) is 6.12. The highest BCUT2D eigenvalue weighted by atomic mass is 32.2. The van der Waals surface area contributed by atoms with Crippen LogP contribution in [0.15, 0.2) is 0 Å². The summed E-state index contributed by atoms with van der Waals surface area (Å²) in [4.78, 5) is 0. The van der Waals surface area contributed by atoms with Crippen molar-refractivity contribution in [2.24, 2.45) is 0 Å². The molecule has 0 aromatic carbocycles. The van der Waals surface area contributed by atoms with Gasteiger partial charge >= 0.3 is 0 Å². The van der Waals surface area contributed by atoms with Crippen LogP contribution in [-0.2, 0) is 4.74 Å². The van der Waals surface area contributed by atoms with Gasteiger partial charge < -0.3 is 10.1 Å². The predicted octanol–water partition coefficient (Wildman–Crippen LogP) is 2.14. The second-order valence-electron chi connectivity index (χ2n) is 3.84. The Balaban J connectivity index is 3.16. The number of rotatable bonds is 8. The van der Waals surface area contributed by atoms with Gasteiger partial charge in [0.25, 0.3) is 0 Å². The first kappa shape index (κ1) is 13.3. The molecule has 0 heterocycles. The van der Waals surface area contributed by atoms with Crippen molar-refractivity contribution >= 4 is 11.8 Å². The highest BCUT2D eigenvalue weighted by Gasteiger charge is 2.14. The van der Waals surface area contributed by atoms with Crippen molar-refractivity contribution in [1.29, 1.82) is 0 Å². The van der Waals surface area contributed by atoms with E-state index in [9.17, 15) is 0 Å². The quantitative estimate of drug-likeness (QED) is 0.614. The number of ether oxygens (including phenoxy) is 1. The lowest BCUT2D eigenvalue weighted by Gasteiger charge is -2.23. The van der Waals surface area contributed by atoms with E-state index in [1.54, 1.807) is 7.11 Å². The third-order valence-corrected chi connectivity index (χ3v) is 2.75. The SMILES string of the molecule is COC(C)(C)CNCCCCSC. The van der Waals surface area contributed by atoms with E-state index >= 15 is 0 Å². The van der Waals surface area contributed by atoms with Gasteiger partial charge in [-0.1, -0.05) is 0 Å². The lowest BCUT2D eigenvalue weighted by atomic mass is 10.1. The molecule has 13 heavy (non-hydrogen) atoms. The summed E-state index contributed by atoms with van der Waals surface area (Å²) in [5.41, 5.74) is -0.0283. The molecule has 0 aromatic rings. The van der Waals surface area contributed by atoms with E-state index in [1.807, 2.05) is 11.8 Å². The number of methoxy groups -OCH3 is 1. The predicted molar refractivity (Wildman–Crippen MR) is 61.6 cm³/mol. The lowest BCUT2D eigenvalue weighted by Crippen LogP contribution is -2.37. The molecule has 0 radical (unpaired) electrons. The first-order valence-corrected chi connectivity index (χ1v) is 6.26. The van der Waals surface area contributed by atoms with E-state index in [0.717, 1.165) is 13.1 Å². The van der Waals surface area contributed by atoms with Gasteiger partial charge in [0.05, 0.1) is 5.60 Å². The molecule has 80 valence electrons. The zero-order valence-electron chi connectivity index (χ0n) is 9.35. The van der Waals surface area contributed by atoms with Gasteiger partial charge in [-0.3, -0.25) is 0 Å². The van der Waals surface area contributed by atoms with Crippen LogP contribution in [0.25, 0.3) is 0 Å². The minimum Gasteiger partial charge on any atom is -0.377 e. The fourth-order valence-electron chi connectivity index (χ4n) is 0.958. The number of hydrogen-bond donors (Lipinski definition) is 1. The normalized spacial score (nSPS) is 12.0. The topological polar surface area (TPSA) is 21.3 Å². The van der Waals surface area contributed by atoms with Gasteiger partial charge in [0, 0.05) is 13.7 Å². The molecule has 0 atom stereocenters. The van der Waals surface area contributed by atoms with Gasteiger partial charge in [0.15, 0.2) is 0 Å². The summed E-state index contributed by atoms with van der Waals surface area (Å²) in [6, 6.07) is 0. The molecule has 3 heteroatoms. The van der Waals surface area contributed by atoms with Gasteiger partial charge in [0.2, 0.25) is 0 Å². The highest BCUT2D eigenvalue weighted by molar-refractivity contribution is 7.98. The second kappa shape index (κ2) is 7.65. The maximum atomic E-state index is 5.30. The standard InChI is InChI=1S/C10H23NOS/c1-10(2,12-3)9-11-7-5-6-8-13-4/h11H,5-9H2,1-4H3. The molecule has 0 bridgehead atoms. The Kier molecular flexibility index (Phi) is 7.81. The van der Waals surface area contributed by atoms with Gasteiger partial charge in [0.1, 0.15) is 0 Å². The average molecular weight is 205 g/mol. The molecule has 0 aliphatic carbocycles. The van der Waals surface area contributed by atoms with Crippen LogP contribution in [0.3, 0.4) is 0 Å². The fraction of sp³-hybridized carbons (Fsp3) is 1.00. The smallest absolute Gasteiger partial charge is 0.0746 e. The first-order valence-electron chi connectivity index (χ1n) is 4.87. The van der Waals surface area contributed by atoms with Crippen molar-refractivity contribution in [2.75, 3.05) is 32.2 Å². The van der Waals surface area contributed by atoms with Crippen molar-refractivity contribution in [3.63, 3.8) is 0 Å². The summed E-state index contributed by atoms with van der Waals surface area (Å²) in [5, 5.41) is 3.40. The minimum absolute atomic E-state index is 0.0283. The Morgan fingerprint density at radius 2 is 2.00 bits per heavy atom. The molecule has 0 aliphatic rings. The number of nitrogens with one attached hydrogen (secondary N) is 1. The summed E-state index contributed by atoms with van der Waals surface area (Å²) < 4.78 is 5.30. The van der Waals surface area contributed by atoms with Crippen LogP contribution in [0.5, 0.6) is 0 Å². The minimum atomic E-state index is -0.0283. The molecule has 0 saturated carbocycles. The maximum absolute atomic E-state index is 5.30. The Bertz CT molecular complexity index is 117. The van der Waals surface area contributed by atoms with Crippen LogP contribution in [-0.4, -0.2) is 37.8 Å². The van der Waals surface area contributed by atoms with Crippen molar-refractivity contribution in [2.45, 2.75) is 32.3 Å². The van der Waals surface area contributed by atoms with Crippen molar-refractivity contribution in [3.05, 3.63) is 0 Å². The largest absolute Gasteiger partial charge is 0.377 e. The number of thioether (sulfide) groups is 1. The van der Waals surface area contributed by atoms with Crippen LogP contribution < -0.4 is 5.32 Å². The average Bonchev–Trinajstić information content (AvgIpc) is 2.11. The van der Waals surface area contributed by atoms with Crippen molar-refractivity contribution < 1.29 is 4.74 Å². The Labute approximate surface area is 86.8 Å². The summed E-state index contributed by atoms with van der Waals surface area (Å²) >= 11 is 1.92. The molecule has 0 aromatic heterocycles. The molecular weight excluding hydrogens is 182 g/mol. The summed E-state index contributed by atoms with van der Waals surface area (Å²) in [7, 11) is 1.76. The van der Waals surface area contributed by atoms with Gasteiger partial charge in [-0.15, -0.1) is 0 Å². The highest BCUT2D eigenvalue weighted by Crippen LogP contribution is 2.04. The maximum Gasteiger partial charge on any atom is 0.0746 e. The van der Waals surface area contributed by atoms with Crippen LogP contribution in [0.2, 0.25) is 0 Å². The summed E-state index contributed by atoms with van der Waals surface area (Å²) in [6.07, 6.45) is 4.73.